The first kappa shape index (κ1) is 28.3. The summed E-state index contributed by atoms with van der Waals surface area (Å²) in [5.41, 5.74) is 3.04. The van der Waals surface area contributed by atoms with Gasteiger partial charge in [-0.2, -0.15) is 0 Å². The molecule has 2 N–H and O–H groups in total. The van der Waals surface area contributed by atoms with Gasteiger partial charge in [-0.1, -0.05) is 81.6 Å². The average molecular weight is 619 g/mol. The van der Waals surface area contributed by atoms with Gasteiger partial charge >= 0.3 is 12.1 Å². The molecule has 0 radical (unpaired) electrons. The van der Waals surface area contributed by atoms with Gasteiger partial charge in [0.05, 0.1) is 12.1 Å². The fourth-order valence-corrected chi connectivity index (χ4v) is 5.30. The van der Waals surface area contributed by atoms with Crippen molar-refractivity contribution >= 4 is 51.3 Å². The number of amides is 3. The molecule has 0 saturated carbocycles. The molecule has 0 spiro atoms. The molecule has 3 aromatic rings. The Hall–Kier alpha value is -2.74. The fraction of sp³-hybridized carbons (Fsp3) is 0.310. The van der Waals surface area contributed by atoms with Crippen molar-refractivity contribution in [1.82, 2.24) is 15.5 Å². The number of nitrogens with one attached hydrogen (secondary N) is 2. The molecule has 1 aliphatic rings. The van der Waals surface area contributed by atoms with E-state index in [1.165, 1.54) is 0 Å². The first-order chi connectivity index (χ1) is 18.0. The molecule has 200 valence electrons. The number of halogens is 3. The highest BCUT2D eigenvalue weighted by atomic mass is 79.9. The second kappa shape index (κ2) is 12.0. The summed E-state index contributed by atoms with van der Waals surface area (Å²) in [5.74, 6) is 0. The largest absolute Gasteiger partial charge is 0.444 e. The quantitative estimate of drug-likeness (QED) is 0.305. The van der Waals surface area contributed by atoms with Gasteiger partial charge in [0.25, 0.3) is 0 Å². The Morgan fingerprint density at radius 2 is 1.74 bits per heavy atom. The summed E-state index contributed by atoms with van der Waals surface area (Å²) < 4.78 is 6.61. The fourth-order valence-electron chi connectivity index (χ4n) is 4.52. The molecule has 2 unspecified atom stereocenters. The molecular weight excluding hydrogens is 589 g/mol. The van der Waals surface area contributed by atoms with Crippen molar-refractivity contribution in [3.63, 3.8) is 0 Å². The molecule has 3 aromatic carbocycles. The maximum atomic E-state index is 13.0. The van der Waals surface area contributed by atoms with Gasteiger partial charge in [0.1, 0.15) is 5.60 Å². The molecule has 0 bridgehead atoms. The summed E-state index contributed by atoms with van der Waals surface area (Å²) in [4.78, 5) is 27.6. The number of urea groups is 1. The van der Waals surface area contributed by atoms with Gasteiger partial charge in [-0.3, -0.25) is 4.90 Å². The summed E-state index contributed by atoms with van der Waals surface area (Å²) in [6.07, 6.45) is 0.175. The molecular formula is C29H30BrCl2N3O3. The van der Waals surface area contributed by atoms with E-state index >= 15 is 0 Å². The second-order valence-electron chi connectivity index (χ2n) is 10.2. The van der Waals surface area contributed by atoms with Crippen molar-refractivity contribution in [3.8, 4) is 11.1 Å². The summed E-state index contributed by atoms with van der Waals surface area (Å²) in [6, 6.07) is 20.2. The number of nitrogens with zero attached hydrogens (tertiary/aromatic N) is 1. The summed E-state index contributed by atoms with van der Waals surface area (Å²) in [7, 11) is 0. The number of hydrogen-bond donors (Lipinski definition) is 2. The van der Waals surface area contributed by atoms with Crippen LogP contribution in [-0.4, -0.2) is 35.2 Å². The van der Waals surface area contributed by atoms with E-state index in [1.807, 2.05) is 75.4 Å². The highest BCUT2D eigenvalue weighted by molar-refractivity contribution is 9.10. The molecule has 2 atom stereocenters. The van der Waals surface area contributed by atoms with Crippen LogP contribution in [0.15, 0.2) is 71.2 Å². The van der Waals surface area contributed by atoms with Crippen LogP contribution in [0.5, 0.6) is 0 Å². The lowest BCUT2D eigenvalue weighted by Gasteiger charge is -2.28. The number of rotatable bonds is 5. The van der Waals surface area contributed by atoms with Crippen LogP contribution in [0.4, 0.5) is 9.59 Å². The van der Waals surface area contributed by atoms with Crippen molar-refractivity contribution < 1.29 is 14.3 Å². The van der Waals surface area contributed by atoms with E-state index in [0.717, 1.165) is 26.7 Å². The molecule has 3 amide bonds. The lowest BCUT2D eigenvalue weighted by molar-refractivity contribution is 0.0221. The lowest BCUT2D eigenvalue weighted by atomic mass is 9.99. The summed E-state index contributed by atoms with van der Waals surface area (Å²) in [6.45, 7) is 6.18. The SMILES string of the molecule is CC(C)(C)OC(=O)N1CC(NC(=O)NCc2ccccc2-c2ccc(Cl)cc2Cl)CC1c1ccc(Br)cc1. The van der Waals surface area contributed by atoms with Crippen LogP contribution in [0, 0.1) is 0 Å². The molecule has 38 heavy (non-hydrogen) atoms. The van der Waals surface area contributed by atoms with Gasteiger partial charge in [-0.05, 0) is 68.1 Å². The Morgan fingerprint density at radius 3 is 2.42 bits per heavy atom. The van der Waals surface area contributed by atoms with Gasteiger partial charge < -0.3 is 15.4 Å². The first-order valence-electron chi connectivity index (χ1n) is 12.3. The Morgan fingerprint density at radius 1 is 1.03 bits per heavy atom. The third-order valence-corrected chi connectivity index (χ3v) is 7.27. The maximum absolute atomic E-state index is 13.0. The van der Waals surface area contributed by atoms with Gasteiger partial charge in [0.15, 0.2) is 0 Å². The van der Waals surface area contributed by atoms with Crippen LogP contribution in [-0.2, 0) is 11.3 Å². The lowest BCUT2D eigenvalue weighted by Crippen LogP contribution is -2.44. The van der Waals surface area contributed by atoms with Crippen LogP contribution in [0.2, 0.25) is 10.0 Å². The molecule has 6 nitrogen and oxygen atoms in total. The Balaban J connectivity index is 1.44. The van der Waals surface area contributed by atoms with E-state index in [2.05, 4.69) is 26.6 Å². The van der Waals surface area contributed by atoms with E-state index < -0.39 is 11.7 Å². The van der Waals surface area contributed by atoms with Crippen LogP contribution in [0.25, 0.3) is 11.1 Å². The molecule has 4 rings (SSSR count). The molecule has 1 fully saturated rings. The van der Waals surface area contributed by atoms with Gasteiger partial charge in [-0.15, -0.1) is 0 Å². The summed E-state index contributed by atoms with van der Waals surface area (Å²) in [5, 5.41) is 7.09. The zero-order valence-corrected chi connectivity index (χ0v) is 24.5. The van der Waals surface area contributed by atoms with E-state index in [0.29, 0.717) is 29.6 Å². The van der Waals surface area contributed by atoms with Crippen LogP contribution < -0.4 is 10.6 Å². The highest BCUT2D eigenvalue weighted by Crippen LogP contribution is 2.35. The predicted molar refractivity (Wildman–Crippen MR) is 155 cm³/mol. The topological polar surface area (TPSA) is 70.7 Å². The number of likely N-dealkylation sites (tertiary alicyclic amines) is 1. The van der Waals surface area contributed by atoms with Crippen molar-refractivity contribution in [3.05, 3.63) is 92.4 Å². The minimum absolute atomic E-state index is 0.212. The van der Waals surface area contributed by atoms with Crippen LogP contribution in [0.3, 0.4) is 0 Å². The Kier molecular flexibility index (Phi) is 8.91. The minimum atomic E-state index is -0.620. The monoisotopic (exact) mass is 617 g/mol. The van der Waals surface area contributed by atoms with Crippen molar-refractivity contribution in [1.29, 1.82) is 0 Å². The zero-order chi connectivity index (χ0) is 27.4. The molecule has 0 aromatic heterocycles. The number of carbonyl (C=O) groups is 2. The smallest absolute Gasteiger partial charge is 0.410 e. The highest BCUT2D eigenvalue weighted by Gasteiger charge is 2.39. The standard InChI is InChI=1S/C29H30BrCl2N3O3/c1-29(2,3)38-28(37)35-17-22(15-26(35)18-8-10-20(30)11-9-18)34-27(36)33-16-19-6-4-5-7-23(19)24-13-12-21(31)14-25(24)32/h4-14,22,26H,15-17H2,1-3H3,(H2,33,34,36). The number of benzene rings is 3. The van der Waals surface area contributed by atoms with E-state index in [9.17, 15) is 9.59 Å². The van der Waals surface area contributed by atoms with E-state index in [-0.39, 0.29) is 18.1 Å². The average Bonchev–Trinajstić information content (AvgIpc) is 3.26. The van der Waals surface area contributed by atoms with Gasteiger partial charge in [0, 0.05) is 33.2 Å². The third kappa shape index (κ3) is 7.22. The zero-order valence-electron chi connectivity index (χ0n) is 21.4. The van der Waals surface area contributed by atoms with E-state index in [4.69, 9.17) is 27.9 Å². The minimum Gasteiger partial charge on any atom is -0.444 e. The van der Waals surface area contributed by atoms with Crippen molar-refractivity contribution in [2.24, 2.45) is 0 Å². The van der Waals surface area contributed by atoms with E-state index in [1.54, 1.807) is 17.0 Å². The van der Waals surface area contributed by atoms with Crippen molar-refractivity contribution in [2.75, 3.05) is 6.54 Å². The predicted octanol–water partition coefficient (Wildman–Crippen LogP) is 7.97. The van der Waals surface area contributed by atoms with Crippen molar-refractivity contribution in [2.45, 2.75) is 51.4 Å². The molecule has 0 aliphatic carbocycles. The molecule has 1 saturated heterocycles. The third-order valence-electron chi connectivity index (χ3n) is 6.20. The van der Waals surface area contributed by atoms with Crippen LogP contribution in [0.1, 0.15) is 44.4 Å². The molecule has 9 heteroatoms. The number of ether oxygens (including phenoxy) is 1. The first-order valence-corrected chi connectivity index (χ1v) is 13.9. The molecule has 1 aliphatic heterocycles. The van der Waals surface area contributed by atoms with Gasteiger partial charge in [0.2, 0.25) is 0 Å². The molecule has 1 heterocycles. The maximum Gasteiger partial charge on any atom is 0.410 e. The normalized spacial score (nSPS) is 17.3. The Labute approximate surface area is 241 Å². The number of hydrogen-bond acceptors (Lipinski definition) is 3. The van der Waals surface area contributed by atoms with Crippen LogP contribution >= 0.6 is 39.1 Å². The second-order valence-corrected chi connectivity index (χ2v) is 12.0. The number of carbonyl (C=O) groups excluding carboxylic acids is 2. The summed E-state index contributed by atoms with van der Waals surface area (Å²) >= 11 is 16.0. The van der Waals surface area contributed by atoms with Gasteiger partial charge in [-0.25, -0.2) is 9.59 Å². The Bertz CT molecular complexity index is 1310.